The quantitative estimate of drug-likeness (QED) is 0.723. The first-order valence-electron chi connectivity index (χ1n) is 9.87. The van der Waals surface area contributed by atoms with E-state index in [0.29, 0.717) is 24.1 Å². The average molecular weight is 394 g/mol. The summed E-state index contributed by atoms with van der Waals surface area (Å²) in [6.45, 7) is 7.76. The van der Waals surface area contributed by atoms with Crippen molar-refractivity contribution in [2.24, 2.45) is 0 Å². The zero-order valence-corrected chi connectivity index (χ0v) is 17.2. The first-order chi connectivity index (χ1) is 13.7. The SMILES string of the molecule is CC1Cc2c(n3ncc(Cc4ccccc4)c3[nH]c2=O)CN1C(=O)OC(C)(C)C. The number of carbonyl (C=O) groups excluding carboxylic acids is 1. The molecule has 0 radical (unpaired) electrons. The summed E-state index contributed by atoms with van der Waals surface area (Å²) in [5.41, 5.74) is 3.50. The third-order valence-corrected chi connectivity index (χ3v) is 5.17. The Labute approximate surface area is 169 Å². The molecule has 0 bridgehead atoms. The number of amides is 1. The minimum absolute atomic E-state index is 0.113. The van der Waals surface area contributed by atoms with Gasteiger partial charge in [0.2, 0.25) is 0 Å². The van der Waals surface area contributed by atoms with Crippen molar-refractivity contribution in [3.05, 3.63) is 69.3 Å². The number of benzene rings is 1. The molecular weight excluding hydrogens is 368 g/mol. The van der Waals surface area contributed by atoms with Gasteiger partial charge in [0.15, 0.2) is 0 Å². The van der Waals surface area contributed by atoms with E-state index in [2.05, 4.69) is 10.1 Å². The minimum atomic E-state index is -0.574. The van der Waals surface area contributed by atoms with E-state index in [1.807, 2.05) is 58.0 Å². The lowest BCUT2D eigenvalue weighted by Crippen LogP contribution is -2.47. The van der Waals surface area contributed by atoms with Crippen LogP contribution in [0.1, 0.15) is 50.1 Å². The predicted octanol–water partition coefficient (Wildman–Crippen LogP) is 3.30. The Hall–Kier alpha value is -3.09. The summed E-state index contributed by atoms with van der Waals surface area (Å²) >= 11 is 0. The molecule has 0 fully saturated rings. The van der Waals surface area contributed by atoms with Crippen LogP contribution in [0, 0.1) is 0 Å². The number of nitrogens with zero attached hydrogens (tertiary/aromatic N) is 3. The van der Waals surface area contributed by atoms with Crippen molar-refractivity contribution in [3.63, 3.8) is 0 Å². The molecule has 3 aromatic rings. The van der Waals surface area contributed by atoms with Gasteiger partial charge in [-0.2, -0.15) is 5.10 Å². The number of H-pyrrole nitrogens is 1. The van der Waals surface area contributed by atoms with Crippen molar-refractivity contribution < 1.29 is 9.53 Å². The van der Waals surface area contributed by atoms with E-state index in [1.165, 1.54) is 0 Å². The molecule has 1 N–H and O–H groups in total. The molecule has 2 aromatic heterocycles. The number of ether oxygens (including phenoxy) is 1. The highest BCUT2D eigenvalue weighted by Gasteiger charge is 2.33. The van der Waals surface area contributed by atoms with Gasteiger partial charge in [-0.15, -0.1) is 0 Å². The fourth-order valence-corrected chi connectivity index (χ4v) is 3.77. The van der Waals surface area contributed by atoms with Gasteiger partial charge < -0.3 is 9.72 Å². The normalized spacial score (nSPS) is 16.7. The van der Waals surface area contributed by atoms with E-state index in [4.69, 9.17) is 4.74 Å². The molecule has 0 aliphatic carbocycles. The van der Waals surface area contributed by atoms with Crippen molar-refractivity contribution in [2.45, 2.75) is 58.7 Å². The number of aromatic nitrogens is 3. The monoisotopic (exact) mass is 394 g/mol. The van der Waals surface area contributed by atoms with E-state index in [-0.39, 0.29) is 24.2 Å². The van der Waals surface area contributed by atoms with Gasteiger partial charge in [0.1, 0.15) is 11.2 Å². The average Bonchev–Trinajstić information content (AvgIpc) is 3.03. The molecule has 0 saturated heterocycles. The van der Waals surface area contributed by atoms with Crippen molar-refractivity contribution >= 4 is 11.7 Å². The summed E-state index contributed by atoms with van der Waals surface area (Å²) < 4.78 is 7.32. The van der Waals surface area contributed by atoms with Crippen molar-refractivity contribution in [3.8, 4) is 0 Å². The maximum Gasteiger partial charge on any atom is 0.410 e. The number of aromatic amines is 1. The van der Waals surface area contributed by atoms with E-state index >= 15 is 0 Å². The second-order valence-electron chi connectivity index (χ2n) is 8.63. The summed E-state index contributed by atoms with van der Waals surface area (Å²) in [4.78, 5) is 30.2. The topological polar surface area (TPSA) is 79.7 Å². The number of carbonyl (C=O) groups is 1. The van der Waals surface area contributed by atoms with Gasteiger partial charge in [-0.3, -0.25) is 9.69 Å². The molecule has 1 aromatic carbocycles. The molecule has 1 aliphatic rings. The first kappa shape index (κ1) is 19.2. The van der Waals surface area contributed by atoms with Crippen LogP contribution in [0.5, 0.6) is 0 Å². The Morgan fingerprint density at radius 3 is 2.69 bits per heavy atom. The van der Waals surface area contributed by atoms with Crippen LogP contribution in [0.25, 0.3) is 5.65 Å². The second-order valence-corrected chi connectivity index (χ2v) is 8.63. The van der Waals surface area contributed by atoms with Gasteiger partial charge in [0.05, 0.1) is 18.4 Å². The van der Waals surface area contributed by atoms with Crippen LogP contribution in [0.3, 0.4) is 0 Å². The van der Waals surface area contributed by atoms with Crippen molar-refractivity contribution in [2.75, 3.05) is 0 Å². The number of rotatable bonds is 2. The van der Waals surface area contributed by atoms with Crippen LogP contribution >= 0.6 is 0 Å². The smallest absolute Gasteiger partial charge is 0.410 e. The zero-order chi connectivity index (χ0) is 20.8. The Morgan fingerprint density at radius 2 is 2.00 bits per heavy atom. The number of nitrogens with one attached hydrogen (secondary N) is 1. The lowest BCUT2D eigenvalue weighted by Gasteiger charge is -2.35. The minimum Gasteiger partial charge on any atom is -0.444 e. The van der Waals surface area contributed by atoms with Crippen molar-refractivity contribution in [1.82, 2.24) is 19.5 Å². The molecule has 29 heavy (non-hydrogen) atoms. The largest absolute Gasteiger partial charge is 0.444 e. The van der Waals surface area contributed by atoms with Crippen LogP contribution < -0.4 is 5.56 Å². The maximum atomic E-state index is 12.8. The van der Waals surface area contributed by atoms with Crippen LogP contribution in [0.2, 0.25) is 0 Å². The second kappa shape index (κ2) is 7.06. The standard InChI is InChI=1S/C22H26N4O3/c1-14-10-17-18(13-25(14)21(28)29-22(2,3)4)26-19(24-20(17)27)16(12-23-26)11-15-8-6-5-7-9-15/h5-9,12,14H,10-11,13H2,1-4H3,(H,24,27). The molecule has 1 amide bonds. The molecular formula is C22H26N4O3. The fourth-order valence-electron chi connectivity index (χ4n) is 3.77. The first-order valence-corrected chi connectivity index (χ1v) is 9.87. The molecule has 1 atom stereocenters. The summed E-state index contributed by atoms with van der Waals surface area (Å²) in [5, 5.41) is 4.53. The summed E-state index contributed by atoms with van der Waals surface area (Å²) in [7, 11) is 0. The van der Waals surface area contributed by atoms with Gasteiger partial charge >= 0.3 is 6.09 Å². The summed E-state index contributed by atoms with van der Waals surface area (Å²) in [5.74, 6) is 0. The van der Waals surface area contributed by atoms with Gasteiger partial charge in [0, 0.05) is 30.0 Å². The lowest BCUT2D eigenvalue weighted by molar-refractivity contribution is 0.0132. The summed E-state index contributed by atoms with van der Waals surface area (Å²) in [6, 6.07) is 9.93. The Morgan fingerprint density at radius 1 is 1.28 bits per heavy atom. The lowest BCUT2D eigenvalue weighted by atomic mass is 10.00. The molecule has 1 unspecified atom stereocenters. The molecule has 0 spiro atoms. The molecule has 152 valence electrons. The zero-order valence-electron chi connectivity index (χ0n) is 17.2. The predicted molar refractivity (Wildman–Crippen MR) is 110 cm³/mol. The van der Waals surface area contributed by atoms with Gasteiger partial charge in [-0.05, 0) is 33.3 Å². The molecule has 7 nitrogen and oxygen atoms in total. The van der Waals surface area contributed by atoms with Crippen LogP contribution in [0.4, 0.5) is 4.79 Å². The molecule has 1 aliphatic heterocycles. The Bertz CT molecular complexity index is 1110. The van der Waals surface area contributed by atoms with E-state index < -0.39 is 5.60 Å². The van der Waals surface area contributed by atoms with Crippen LogP contribution in [-0.2, 0) is 24.1 Å². The number of hydrogen-bond acceptors (Lipinski definition) is 4. The highest BCUT2D eigenvalue weighted by molar-refractivity contribution is 5.69. The van der Waals surface area contributed by atoms with Crippen LogP contribution in [0.15, 0.2) is 41.3 Å². The van der Waals surface area contributed by atoms with E-state index in [9.17, 15) is 9.59 Å². The van der Waals surface area contributed by atoms with E-state index in [1.54, 1.807) is 15.6 Å². The molecule has 7 heteroatoms. The summed E-state index contributed by atoms with van der Waals surface area (Å²) in [6.07, 6.45) is 2.55. The Kier molecular flexibility index (Phi) is 4.68. The van der Waals surface area contributed by atoms with E-state index in [0.717, 1.165) is 16.8 Å². The number of fused-ring (bicyclic) bond motifs is 3. The van der Waals surface area contributed by atoms with Crippen molar-refractivity contribution in [1.29, 1.82) is 0 Å². The third-order valence-electron chi connectivity index (χ3n) is 5.17. The highest BCUT2D eigenvalue weighted by Crippen LogP contribution is 2.25. The fraction of sp³-hybridized carbons (Fsp3) is 0.409. The van der Waals surface area contributed by atoms with Gasteiger partial charge in [-0.1, -0.05) is 30.3 Å². The van der Waals surface area contributed by atoms with Gasteiger partial charge in [-0.25, -0.2) is 9.31 Å². The number of hydrogen-bond donors (Lipinski definition) is 1. The van der Waals surface area contributed by atoms with Crippen LogP contribution in [-0.4, -0.2) is 37.2 Å². The molecule has 3 heterocycles. The van der Waals surface area contributed by atoms with Gasteiger partial charge in [0.25, 0.3) is 5.56 Å². The highest BCUT2D eigenvalue weighted by atomic mass is 16.6. The Balaban J connectivity index is 1.72. The molecule has 4 rings (SSSR count). The molecule has 0 saturated carbocycles. The maximum absolute atomic E-state index is 12.8. The third kappa shape index (κ3) is 3.77.